The molecule has 6 heteroatoms. The number of carbonyl (C=O) groups excluding carboxylic acids is 1. The van der Waals surface area contributed by atoms with Crippen LogP contribution < -0.4 is 5.32 Å². The molecule has 0 bridgehead atoms. The van der Waals surface area contributed by atoms with Gasteiger partial charge in [-0.15, -0.1) is 0 Å². The molecule has 0 aliphatic carbocycles. The van der Waals surface area contributed by atoms with Gasteiger partial charge in [-0.3, -0.25) is 4.79 Å². The monoisotopic (exact) mass is 418 g/mol. The second kappa shape index (κ2) is 9.38. The molecule has 0 radical (unpaired) electrons. The lowest BCUT2D eigenvalue weighted by Crippen LogP contribution is -2.23. The molecule has 152 valence electrons. The first-order valence-electron chi connectivity index (χ1n) is 9.39. The standard InChI is InChI=1S/C24H22N2O3S/c1-18-6-8-19(9-7-18)4-3-5-22-16-21(14-15-25-22)24(27)26-17-20-10-12-23(13-11-20)30(2,28)29/h6-16H,4,17H2,1-2H3,(H,26,27). The van der Waals surface area contributed by atoms with Gasteiger partial charge in [0.2, 0.25) is 0 Å². The van der Waals surface area contributed by atoms with E-state index in [0.717, 1.165) is 17.4 Å². The fraction of sp³-hybridized carbons (Fsp3) is 0.167. The maximum Gasteiger partial charge on any atom is 0.251 e. The predicted molar refractivity (Wildman–Crippen MR) is 117 cm³/mol. The van der Waals surface area contributed by atoms with Gasteiger partial charge in [-0.1, -0.05) is 47.9 Å². The Balaban J connectivity index is 1.60. The van der Waals surface area contributed by atoms with E-state index in [1.165, 1.54) is 17.7 Å². The summed E-state index contributed by atoms with van der Waals surface area (Å²) in [4.78, 5) is 16.9. The molecule has 0 aliphatic heterocycles. The number of sulfone groups is 1. The number of hydrogen-bond acceptors (Lipinski definition) is 4. The highest BCUT2D eigenvalue weighted by Crippen LogP contribution is 2.10. The van der Waals surface area contributed by atoms with Crippen LogP contribution in [0, 0.1) is 18.8 Å². The highest BCUT2D eigenvalue weighted by Gasteiger charge is 2.08. The van der Waals surface area contributed by atoms with Gasteiger partial charge in [0.15, 0.2) is 9.84 Å². The van der Waals surface area contributed by atoms with Crippen LogP contribution >= 0.6 is 0 Å². The minimum atomic E-state index is -3.23. The summed E-state index contributed by atoms with van der Waals surface area (Å²) in [5.74, 6) is 5.84. The lowest BCUT2D eigenvalue weighted by molar-refractivity contribution is 0.0950. The molecule has 3 rings (SSSR count). The first kappa shape index (κ1) is 21.3. The van der Waals surface area contributed by atoms with E-state index in [9.17, 15) is 13.2 Å². The fourth-order valence-corrected chi connectivity index (χ4v) is 3.35. The molecular weight excluding hydrogens is 396 g/mol. The summed E-state index contributed by atoms with van der Waals surface area (Å²) in [7, 11) is -3.23. The van der Waals surface area contributed by atoms with Crippen LogP contribution in [0.25, 0.3) is 0 Å². The zero-order valence-corrected chi connectivity index (χ0v) is 17.7. The topological polar surface area (TPSA) is 76.1 Å². The lowest BCUT2D eigenvalue weighted by Gasteiger charge is -2.06. The van der Waals surface area contributed by atoms with Crippen molar-refractivity contribution in [1.82, 2.24) is 10.3 Å². The van der Waals surface area contributed by atoms with E-state index in [-0.39, 0.29) is 10.8 Å². The smallest absolute Gasteiger partial charge is 0.251 e. The van der Waals surface area contributed by atoms with Crippen molar-refractivity contribution in [2.45, 2.75) is 24.8 Å². The van der Waals surface area contributed by atoms with Crippen LogP contribution in [0.5, 0.6) is 0 Å². The molecule has 1 N–H and O–H groups in total. The largest absolute Gasteiger partial charge is 0.348 e. The fourth-order valence-electron chi connectivity index (χ4n) is 2.72. The number of nitrogens with one attached hydrogen (secondary N) is 1. The molecule has 0 spiro atoms. The molecule has 2 aromatic carbocycles. The van der Waals surface area contributed by atoms with Crippen molar-refractivity contribution in [2.24, 2.45) is 0 Å². The Morgan fingerprint density at radius 1 is 1.00 bits per heavy atom. The van der Waals surface area contributed by atoms with Crippen molar-refractivity contribution in [3.05, 3.63) is 94.8 Å². The maximum absolute atomic E-state index is 12.4. The third-order valence-corrected chi connectivity index (χ3v) is 5.58. The molecule has 1 heterocycles. The molecule has 1 amide bonds. The van der Waals surface area contributed by atoms with Crippen LogP contribution in [0.2, 0.25) is 0 Å². The van der Waals surface area contributed by atoms with Gasteiger partial charge in [-0.25, -0.2) is 13.4 Å². The van der Waals surface area contributed by atoms with Crippen LogP contribution in [0.3, 0.4) is 0 Å². The number of rotatable bonds is 5. The van der Waals surface area contributed by atoms with Gasteiger partial charge >= 0.3 is 0 Å². The van der Waals surface area contributed by atoms with Crippen molar-refractivity contribution in [2.75, 3.05) is 6.26 Å². The van der Waals surface area contributed by atoms with Crippen molar-refractivity contribution in [1.29, 1.82) is 0 Å². The normalized spacial score (nSPS) is 10.7. The second-order valence-corrected chi connectivity index (χ2v) is 9.01. The summed E-state index contributed by atoms with van der Waals surface area (Å²) in [6.45, 7) is 2.33. The van der Waals surface area contributed by atoms with Crippen molar-refractivity contribution < 1.29 is 13.2 Å². The van der Waals surface area contributed by atoms with Crippen molar-refractivity contribution in [3.63, 3.8) is 0 Å². The molecule has 1 aromatic heterocycles. The number of aromatic nitrogens is 1. The summed E-state index contributed by atoms with van der Waals surface area (Å²) < 4.78 is 23.0. The number of hydrogen-bond donors (Lipinski definition) is 1. The van der Waals surface area contributed by atoms with Gasteiger partial charge in [-0.2, -0.15) is 0 Å². The molecule has 0 unspecified atom stereocenters. The van der Waals surface area contributed by atoms with E-state index in [4.69, 9.17) is 0 Å². The van der Waals surface area contributed by atoms with Crippen LogP contribution in [-0.2, 0) is 22.8 Å². The highest BCUT2D eigenvalue weighted by molar-refractivity contribution is 7.90. The minimum absolute atomic E-state index is 0.244. The third-order valence-electron chi connectivity index (χ3n) is 4.46. The van der Waals surface area contributed by atoms with Gasteiger partial charge in [0.1, 0.15) is 5.69 Å². The van der Waals surface area contributed by atoms with Gasteiger partial charge < -0.3 is 5.32 Å². The van der Waals surface area contributed by atoms with Crippen molar-refractivity contribution in [3.8, 4) is 11.8 Å². The Morgan fingerprint density at radius 2 is 1.67 bits per heavy atom. The first-order valence-corrected chi connectivity index (χ1v) is 11.3. The Hall–Kier alpha value is -3.43. The highest BCUT2D eigenvalue weighted by atomic mass is 32.2. The van der Waals surface area contributed by atoms with Gasteiger partial charge in [0.25, 0.3) is 5.91 Å². The van der Waals surface area contributed by atoms with Crippen LogP contribution in [0.1, 0.15) is 32.7 Å². The molecule has 5 nitrogen and oxygen atoms in total. The number of aryl methyl sites for hydroxylation is 1. The lowest BCUT2D eigenvalue weighted by atomic mass is 10.1. The van der Waals surface area contributed by atoms with E-state index in [0.29, 0.717) is 24.2 Å². The van der Waals surface area contributed by atoms with Crippen LogP contribution in [0.15, 0.2) is 71.8 Å². The minimum Gasteiger partial charge on any atom is -0.348 e. The Morgan fingerprint density at radius 3 is 2.33 bits per heavy atom. The predicted octanol–water partition coefficient (Wildman–Crippen LogP) is 3.32. The molecule has 0 fully saturated rings. The van der Waals surface area contributed by atoms with E-state index in [1.807, 2.05) is 19.1 Å². The van der Waals surface area contributed by atoms with Gasteiger partial charge in [0, 0.05) is 31.0 Å². The number of pyridine rings is 1. The van der Waals surface area contributed by atoms with Crippen molar-refractivity contribution >= 4 is 15.7 Å². The van der Waals surface area contributed by atoms with E-state index in [1.54, 1.807) is 30.5 Å². The average Bonchev–Trinajstić information content (AvgIpc) is 2.73. The average molecular weight is 419 g/mol. The zero-order valence-electron chi connectivity index (χ0n) is 16.8. The zero-order chi connectivity index (χ0) is 21.6. The molecule has 3 aromatic rings. The Labute approximate surface area is 177 Å². The Kier molecular flexibility index (Phi) is 6.65. The molecule has 0 saturated carbocycles. The molecule has 0 aliphatic rings. The molecular formula is C24H22N2O3S. The van der Waals surface area contributed by atoms with E-state index >= 15 is 0 Å². The number of amides is 1. The maximum atomic E-state index is 12.4. The quantitative estimate of drug-likeness (QED) is 0.645. The summed E-state index contributed by atoms with van der Waals surface area (Å²) in [6.07, 6.45) is 3.34. The molecule has 30 heavy (non-hydrogen) atoms. The van der Waals surface area contributed by atoms with Crippen LogP contribution in [0.4, 0.5) is 0 Å². The SMILES string of the molecule is Cc1ccc(CC#Cc2cc(C(=O)NCc3ccc(S(C)(=O)=O)cc3)ccn2)cc1. The van der Waals surface area contributed by atoms with E-state index < -0.39 is 9.84 Å². The molecule has 0 saturated heterocycles. The second-order valence-electron chi connectivity index (χ2n) is 6.99. The van der Waals surface area contributed by atoms with Gasteiger partial charge in [0.05, 0.1) is 4.90 Å². The third kappa shape index (κ3) is 6.03. The number of benzene rings is 2. The van der Waals surface area contributed by atoms with Crippen LogP contribution in [-0.4, -0.2) is 25.6 Å². The summed E-state index contributed by atoms with van der Waals surface area (Å²) in [5, 5.41) is 2.82. The number of nitrogens with zero attached hydrogens (tertiary/aromatic N) is 1. The summed E-state index contributed by atoms with van der Waals surface area (Å²) >= 11 is 0. The Bertz CT molecular complexity index is 1200. The molecule has 0 atom stereocenters. The summed E-state index contributed by atoms with van der Waals surface area (Å²) in [5.41, 5.74) is 4.15. The number of carbonyl (C=O) groups is 1. The first-order chi connectivity index (χ1) is 14.3. The van der Waals surface area contributed by atoms with E-state index in [2.05, 4.69) is 34.3 Å². The summed E-state index contributed by atoms with van der Waals surface area (Å²) in [6, 6.07) is 17.9. The van der Waals surface area contributed by atoms with Gasteiger partial charge in [-0.05, 0) is 48.2 Å².